The predicted molar refractivity (Wildman–Crippen MR) is 52.2 cm³/mol. The van der Waals surface area contributed by atoms with Crippen molar-refractivity contribution in [2.75, 3.05) is 0 Å². The molecule has 1 aromatic carbocycles. The van der Waals surface area contributed by atoms with Crippen molar-refractivity contribution in [3.63, 3.8) is 0 Å². The van der Waals surface area contributed by atoms with Crippen molar-refractivity contribution in [3.05, 3.63) is 41.7 Å². The van der Waals surface area contributed by atoms with Crippen LogP contribution in [0.15, 0.2) is 30.5 Å². The third-order valence-corrected chi connectivity index (χ3v) is 2.59. The zero-order valence-corrected chi connectivity index (χ0v) is 7.47. The summed E-state index contributed by atoms with van der Waals surface area (Å²) < 4.78 is 1.94. The highest BCUT2D eigenvalue weighted by Gasteiger charge is 2.20. The van der Waals surface area contributed by atoms with E-state index in [9.17, 15) is 4.79 Å². The van der Waals surface area contributed by atoms with Crippen molar-refractivity contribution in [2.24, 2.45) is 0 Å². The lowest BCUT2D eigenvalue weighted by molar-refractivity contribution is 0.111. The molecule has 2 aromatic rings. The Bertz CT molecular complexity index is 514. The first kappa shape index (κ1) is 7.50. The summed E-state index contributed by atoms with van der Waals surface area (Å²) in [4.78, 5) is 15.0. The van der Waals surface area contributed by atoms with Gasteiger partial charge in [0.05, 0.1) is 12.7 Å². The van der Waals surface area contributed by atoms with Crippen molar-refractivity contribution >= 4 is 6.29 Å². The molecule has 3 heteroatoms. The van der Waals surface area contributed by atoms with Gasteiger partial charge in [-0.15, -0.1) is 0 Å². The van der Waals surface area contributed by atoms with Gasteiger partial charge in [0, 0.05) is 5.56 Å². The van der Waals surface area contributed by atoms with E-state index in [4.69, 9.17) is 0 Å². The van der Waals surface area contributed by atoms with Gasteiger partial charge in [-0.25, -0.2) is 4.98 Å². The van der Waals surface area contributed by atoms with E-state index in [-0.39, 0.29) is 0 Å². The third kappa shape index (κ3) is 0.812. The molecule has 0 unspecified atom stereocenters. The molecule has 0 spiro atoms. The summed E-state index contributed by atoms with van der Waals surface area (Å²) in [5, 5.41) is 0. The average Bonchev–Trinajstić information content (AvgIpc) is 2.75. The summed E-state index contributed by atoms with van der Waals surface area (Å²) in [6.07, 6.45) is 2.47. The van der Waals surface area contributed by atoms with E-state index < -0.39 is 0 Å². The van der Waals surface area contributed by atoms with Gasteiger partial charge in [-0.1, -0.05) is 24.3 Å². The second-order valence-corrected chi connectivity index (χ2v) is 3.37. The van der Waals surface area contributed by atoms with E-state index in [1.165, 1.54) is 5.56 Å². The fourth-order valence-corrected chi connectivity index (χ4v) is 1.91. The highest BCUT2D eigenvalue weighted by Crippen LogP contribution is 2.30. The van der Waals surface area contributed by atoms with Crippen LogP contribution in [0.4, 0.5) is 0 Å². The van der Waals surface area contributed by atoms with Crippen LogP contribution >= 0.6 is 0 Å². The SMILES string of the molecule is O=Cc1cnc2n1Cc1ccccc1-2. The number of hydrogen-bond donors (Lipinski definition) is 0. The summed E-state index contributed by atoms with van der Waals surface area (Å²) >= 11 is 0. The van der Waals surface area contributed by atoms with E-state index in [0.717, 1.165) is 24.2 Å². The number of rotatable bonds is 1. The molecule has 0 radical (unpaired) electrons. The topological polar surface area (TPSA) is 34.9 Å². The molecule has 0 N–H and O–H groups in total. The standard InChI is InChI=1S/C11H8N2O/c14-7-9-5-12-11-10-4-2-1-3-8(10)6-13(9)11/h1-5,7H,6H2. The van der Waals surface area contributed by atoms with Crippen LogP contribution in [-0.4, -0.2) is 15.8 Å². The lowest BCUT2D eigenvalue weighted by atomic mass is 10.1. The number of imidazole rings is 1. The zero-order chi connectivity index (χ0) is 9.54. The van der Waals surface area contributed by atoms with Gasteiger partial charge in [0.15, 0.2) is 6.29 Å². The highest BCUT2D eigenvalue weighted by molar-refractivity contribution is 5.76. The molecule has 0 saturated heterocycles. The number of benzene rings is 1. The van der Waals surface area contributed by atoms with Crippen LogP contribution < -0.4 is 0 Å². The van der Waals surface area contributed by atoms with E-state index in [2.05, 4.69) is 11.1 Å². The van der Waals surface area contributed by atoms with Gasteiger partial charge in [-0.2, -0.15) is 0 Å². The normalized spacial score (nSPS) is 12.3. The first-order chi connectivity index (χ1) is 6.90. The van der Waals surface area contributed by atoms with Crippen LogP contribution in [0.2, 0.25) is 0 Å². The monoisotopic (exact) mass is 184 g/mol. The number of nitrogens with zero attached hydrogens (tertiary/aromatic N) is 2. The van der Waals surface area contributed by atoms with Gasteiger partial charge in [0.2, 0.25) is 0 Å². The molecule has 0 bridgehead atoms. The molecule has 1 aliphatic heterocycles. The van der Waals surface area contributed by atoms with Crippen LogP contribution in [0.1, 0.15) is 16.1 Å². The number of fused-ring (bicyclic) bond motifs is 3. The second kappa shape index (κ2) is 2.54. The smallest absolute Gasteiger partial charge is 0.168 e. The molecule has 3 rings (SSSR count). The molecular weight excluding hydrogens is 176 g/mol. The molecule has 1 aliphatic rings. The van der Waals surface area contributed by atoms with Crippen LogP contribution in [0.25, 0.3) is 11.4 Å². The van der Waals surface area contributed by atoms with E-state index in [0.29, 0.717) is 5.69 Å². The van der Waals surface area contributed by atoms with Gasteiger partial charge in [-0.05, 0) is 5.56 Å². The Morgan fingerprint density at radius 3 is 3.07 bits per heavy atom. The predicted octanol–water partition coefficient (Wildman–Crippen LogP) is 1.72. The highest BCUT2D eigenvalue weighted by atomic mass is 16.1. The van der Waals surface area contributed by atoms with Crippen molar-refractivity contribution in [1.82, 2.24) is 9.55 Å². The van der Waals surface area contributed by atoms with Gasteiger partial charge in [-0.3, -0.25) is 4.79 Å². The van der Waals surface area contributed by atoms with E-state index >= 15 is 0 Å². The Kier molecular flexibility index (Phi) is 1.36. The summed E-state index contributed by atoms with van der Waals surface area (Å²) in [5.41, 5.74) is 3.02. The molecule has 2 heterocycles. The van der Waals surface area contributed by atoms with Gasteiger partial charge >= 0.3 is 0 Å². The lowest BCUT2D eigenvalue weighted by Gasteiger charge is -1.96. The van der Waals surface area contributed by atoms with E-state index in [1.807, 2.05) is 22.8 Å². The van der Waals surface area contributed by atoms with Gasteiger partial charge in [0.25, 0.3) is 0 Å². The molecule has 0 saturated carbocycles. The van der Waals surface area contributed by atoms with Crippen LogP contribution in [0, 0.1) is 0 Å². The molecular formula is C11H8N2O. The maximum atomic E-state index is 10.7. The Morgan fingerprint density at radius 1 is 1.36 bits per heavy atom. The second-order valence-electron chi connectivity index (χ2n) is 3.37. The number of aromatic nitrogens is 2. The quantitative estimate of drug-likeness (QED) is 0.540. The Balaban J connectivity index is 2.27. The van der Waals surface area contributed by atoms with Crippen LogP contribution in [-0.2, 0) is 6.54 Å². The fraction of sp³-hybridized carbons (Fsp3) is 0.0909. The number of carbonyl (C=O) groups is 1. The van der Waals surface area contributed by atoms with Crippen LogP contribution in [0.3, 0.4) is 0 Å². The Morgan fingerprint density at radius 2 is 2.21 bits per heavy atom. The van der Waals surface area contributed by atoms with Crippen LogP contribution in [0.5, 0.6) is 0 Å². The summed E-state index contributed by atoms with van der Waals surface area (Å²) in [5.74, 6) is 0.905. The summed E-state index contributed by atoms with van der Waals surface area (Å²) in [7, 11) is 0. The molecule has 0 atom stereocenters. The van der Waals surface area contributed by atoms with Crippen molar-refractivity contribution in [2.45, 2.75) is 6.54 Å². The molecule has 0 fully saturated rings. The Labute approximate surface area is 81.0 Å². The molecule has 68 valence electrons. The largest absolute Gasteiger partial charge is 0.317 e. The molecule has 14 heavy (non-hydrogen) atoms. The fourth-order valence-electron chi connectivity index (χ4n) is 1.91. The molecule has 0 aliphatic carbocycles. The number of hydrogen-bond acceptors (Lipinski definition) is 2. The van der Waals surface area contributed by atoms with E-state index in [1.54, 1.807) is 6.20 Å². The molecule has 1 aromatic heterocycles. The van der Waals surface area contributed by atoms with Crippen molar-refractivity contribution in [1.29, 1.82) is 0 Å². The van der Waals surface area contributed by atoms with Crippen molar-refractivity contribution in [3.8, 4) is 11.4 Å². The first-order valence-corrected chi connectivity index (χ1v) is 4.49. The summed E-state index contributed by atoms with van der Waals surface area (Å²) in [6.45, 7) is 0.763. The minimum atomic E-state index is 0.649. The van der Waals surface area contributed by atoms with Gasteiger partial charge in [0.1, 0.15) is 11.5 Å². The maximum absolute atomic E-state index is 10.7. The van der Waals surface area contributed by atoms with Gasteiger partial charge < -0.3 is 4.57 Å². The third-order valence-electron chi connectivity index (χ3n) is 2.59. The first-order valence-electron chi connectivity index (χ1n) is 4.49. The number of aldehydes is 1. The minimum absolute atomic E-state index is 0.649. The Hall–Kier alpha value is -1.90. The molecule has 3 nitrogen and oxygen atoms in total. The summed E-state index contributed by atoms with van der Waals surface area (Å²) in [6, 6.07) is 8.10. The average molecular weight is 184 g/mol. The number of carbonyl (C=O) groups excluding carboxylic acids is 1. The van der Waals surface area contributed by atoms with Crippen molar-refractivity contribution < 1.29 is 4.79 Å². The maximum Gasteiger partial charge on any atom is 0.168 e. The lowest BCUT2D eigenvalue weighted by Crippen LogP contribution is -1.97. The molecule has 0 amide bonds. The minimum Gasteiger partial charge on any atom is -0.317 e. The zero-order valence-electron chi connectivity index (χ0n) is 7.47.